The fourth-order valence-electron chi connectivity index (χ4n) is 3.38. The van der Waals surface area contributed by atoms with Crippen LogP contribution in [0.3, 0.4) is 0 Å². The molecule has 0 bridgehead atoms. The average molecular weight is 454 g/mol. The minimum absolute atomic E-state index is 0.0652. The van der Waals surface area contributed by atoms with Gasteiger partial charge < -0.3 is 10.6 Å². The third kappa shape index (κ3) is 4.96. The Labute approximate surface area is 180 Å². The normalized spacial score (nSPS) is 19.4. The van der Waals surface area contributed by atoms with Gasteiger partial charge >= 0.3 is 0 Å². The molecule has 9 nitrogen and oxygen atoms in total. The molecule has 3 rings (SSSR count). The van der Waals surface area contributed by atoms with Crippen LogP contribution >= 0.6 is 11.7 Å². The van der Waals surface area contributed by atoms with Crippen LogP contribution in [0.1, 0.15) is 40.5 Å². The molecule has 0 radical (unpaired) electrons. The van der Waals surface area contributed by atoms with Crippen molar-refractivity contribution in [2.24, 2.45) is 5.92 Å². The maximum Gasteiger partial charge on any atom is 0.245 e. The van der Waals surface area contributed by atoms with Crippen LogP contribution in [0.5, 0.6) is 0 Å². The molecule has 11 heteroatoms. The second-order valence-corrected chi connectivity index (χ2v) is 11.0. The van der Waals surface area contributed by atoms with Crippen LogP contribution in [0.2, 0.25) is 0 Å². The van der Waals surface area contributed by atoms with Crippen molar-refractivity contribution in [3.05, 3.63) is 18.2 Å². The van der Waals surface area contributed by atoms with Gasteiger partial charge in [0.05, 0.1) is 17.6 Å². The Bertz CT molecular complexity index is 1040. The van der Waals surface area contributed by atoms with Gasteiger partial charge in [0.1, 0.15) is 22.0 Å². The lowest BCUT2D eigenvalue weighted by atomic mass is 9.98. The highest BCUT2D eigenvalue weighted by Crippen LogP contribution is 2.28. The third-order valence-corrected chi connectivity index (χ3v) is 7.31. The maximum atomic E-state index is 13.2. The smallest absolute Gasteiger partial charge is 0.245 e. The van der Waals surface area contributed by atoms with Gasteiger partial charge in [-0.1, -0.05) is 6.07 Å². The monoisotopic (exact) mass is 453 g/mol. The Kier molecular flexibility index (Phi) is 6.44. The first kappa shape index (κ1) is 22.6. The molecule has 2 aromatic rings. The Balaban J connectivity index is 1.71. The molecule has 2 heterocycles. The molecule has 0 spiro atoms. The fourth-order valence-corrected chi connectivity index (χ4v) is 5.65. The van der Waals surface area contributed by atoms with E-state index < -0.39 is 27.5 Å². The van der Waals surface area contributed by atoms with E-state index in [4.69, 9.17) is 0 Å². The number of rotatable bonds is 5. The van der Waals surface area contributed by atoms with Gasteiger partial charge in [-0.3, -0.25) is 9.59 Å². The molecule has 1 saturated heterocycles. The number of benzene rings is 1. The number of hydrogen-bond donors (Lipinski definition) is 2. The van der Waals surface area contributed by atoms with E-state index in [-0.39, 0.29) is 23.3 Å². The van der Waals surface area contributed by atoms with Gasteiger partial charge in [0.2, 0.25) is 21.8 Å². The molecular formula is C19H27N5O4S2. The predicted octanol–water partition coefficient (Wildman–Crippen LogP) is 1.51. The Hall–Kier alpha value is -2.11. The lowest BCUT2D eigenvalue weighted by Gasteiger charge is -2.32. The van der Waals surface area contributed by atoms with Gasteiger partial charge in [0.15, 0.2) is 0 Å². The van der Waals surface area contributed by atoms with Crippen molar-refractivity contribution in [3.8, 4) is 0 Å². The number of amides is 2. The summed E-state index contributed by atoms with van der Waals surface area (Å²) < 4.78 is 36.0. The van der Waals surface area contributed by atoms with Gasteiger partial charge in [0.25, 0.3) is 0 Å². The summed E-state index contributed by atoms with van der Waals surface area (Å²) in [6.45, 7) is 7.60. The molecule has 2 atom stereocenters. The molecule has 164 valence electrons. The quantitative estimate of drug-likeness (QED) is 0.708. The number of fused-ring (bicyclic) bond motifs is 1. The van der Waals surface area contributed by atoms with Crippen LogP contribution in [0, 0.1) is 5.92 Å². The molecule has 2 N–H and O–H groups in total. The van der Waals surface area contributed by atoms with Crippen molar-refractivity contribution in [3.63, 3.8) is 0 Å². The van der Waals surface area contributed by atoms with Crippen molar-refractivity contribution in [1.82, 2.24) is 23.7 Å². The number of carbonyl (C=O) groups is 2. The van der Waals surface area contributed by atoms with Crippen molar-refractivity contribution in [1.29, 1.82) is 0 Å². The second-order valence-electron chi connectivity index (χ2n) is 8.56. The maximum absolute atomic E-state index is 13.2. The predicted molar refractivity (Wildman–Crippen MR) is 114 cm³/mol. The van der Waals surface area contributed by atoms with Crippen molar-refractivity contribution >= 4 is 44.6 Å². The van der Waals surface area contributed by atoms with E-state index in [1.807, 2.05) is 20.8 Å². The highest BCUT2D eigenvalue weighted by atomic mass is 32.2. The molecular weight excluding hydrogens is 426 g/mol. The number of aromatic nitrogens is 2. The SMILES string of the molecule is CC(NC(=O)C1CCCN(S(=O)(=O)c2cccc3nsnc23)C1)C(=O)NC(C)(C)C. The zero-order chi connectivity index (χ0) is 22.1. The zero-order valence-corrected chi connectivity index (χ0v) is 19.1. The Morgan fingerprint density at radius 3 is 2.70 bits per heavy atom. The van der Waals surface area contributed by atoms with E-state index in [9.17, 15) is 18.0 Å². The van der Waals surface area contributed by atoms with Gasteiger partial charge in [-0.2, -0.15) is 13.1 Å². The van der Waals surface area contributed by atoms with E-state index in [2.05, 4.69) is 19.4 Å². The first-order chi connectivity index (χ1) is 14.0. The lowest BCUT2D eigenvalue weighted by Crippen LogP contribution is -2.53. The first-order valence-corrected chi connectivity index (χ1v) is 12.0. The van der Waals surface area contributed by atoms with Crippen molar-refractivity contribution < 1.29 is 18.0 Å². The van der Waals surface area contributed by atoms with Crippen molar-refractivity contribution in [2.45, 2.75) is 57.0 Å². The molecule has 30 heavy (non-hydrogen) atoms. The van der Waals surface area contributed by atoms with Crippen LogP contribution in [0.15, 0.2) is 23.1 Å². The number of nitrogens with one attached hydrogen (secondary N) is 2. The van der Waals surface area contributed by atoms with Gasteiger partial charge in [-0.05, 0) is 52.7 Å². The number of carbonyl (C=O) groups excluding carboxylic acids is 2. The number of sulfonamides is 1. The van der Waals surface area contributed by atoms with E-state index in [0.717, 1.165) is 11.7 Å². The Morgan fingerprint density at radius 2 is 2.00 bits per heavy atom. The van der Waals surface area contributed by atoms with Crippen LogP contribution in [-0.4, -0.2) is 58.0 Å². The van der Waals surface area contributed by atoms with Crippen LogP contribution in [-0.2, 0) is 19.6 Å². The summed E-state index contributed by atoms with van der Waals surface area (Å²) in [5.41, 5.74) is 0.477. The summed E-state index contributed by atoms with van der Waals surface area (Å²) in [6, 6.07) is 4.16. The summed E-state index contributed by atoms with van der Waals surface area (Å²) in [5, 5.41) is 5.54. The summed E-state index contributed by atoms with van der Waals surface area (Å²) >= 11 is 0.964. The van der Waals surface area contributed by atoms with E-state index in [0.29, 0.717) is 30.4 Å². The lowest BCUT2D eigenvalue weighted by molar-refractivity contribution is -0.132. The zero-order valence-electron chi connectivity index (χ0n) is 17.5. The van der Waals surface area contributed by atoms with Gasteiger partial charge in [-0.25, -0.2) is 8.42 Å². The standard InChI is InChI=1S/C19H27N5O4S2/c1-12(17(25)21-19(2,3)4)20-18(26)13-7-6-10-24(11-13)30(27,28)15-9-5-8-14-16(15)23-29-22-14/h5,8-9,12-13H,6-7,10-11H2,1-4H3,(H,20,26)(H,21,25). The van der Waals surface area contributed by atoms with E-state index in [1.165, 1.54) is 10.4 Å². The molecule has 0 aliphatic carbocycles. The largest absolute Gasteiger partial charge is 0.350 e. The van der Waals surface area contributed by atoms with E-state index >= 15 is 0 Å². The minimum Gasteiger partial charge on any atom is -0.350 e. The highest BCUT2D eigenvalue weighted by Gasteiger charge is 2.35. The van der Waals surface area contributed by atoms with Gasteiger partial charge in [-0.15, -0.1) is 0 Å². The van der Waals surface area contributed by atoms with Crippen LogP contribution in [0.25, 0.3) is 11.0 Å². The molecule has 2 unspecified atom stereocenters. The van der Waals surface area contributed by atoms with Gasteiger partial charge in [0, 0.05) is 18.6 Å². The summed E-state index contributed by atoms with van der Waals surface area (Å²) in [4.78, 5) is 25.1. The van der Waals surface area contributed by atoms with Crippen molar-refractivity contribution in [2.75, 3.05) is 13.1 Å². The minimum atomic E-state index is -3.82. The molecule has 1 aliphatic rings. The number of nitrogens with zero attached hydrogens (tertiary/aromatic N) is 3. The number of piperidine rings is 1. The summed E-state index contributed by atoms with van der Waals surface area (Å²) in [5.74, 6) is -1.12. The molecule has 1 aliphatic heterocycles. The summed E-state index contributed by atoms with van der Waals surface area (Å²) in [7, 11) is -3.82. The first-order valence-electron chi connectivity index (χ1n) is 9.83. The average Bonchev–Trinajstić information content (AvgIpc) is 3.15. The second kappa shape index (κ2) is 8.56. The molecule has 0 saturated carbocycles. The Morgan fingerprint density at radius 1 is 1.27 bits per heavy atom. The molecule has 1 aromatic heterocycles. The van der Waals surface area contributed by atoms with E-state index in [1.54, 1.807) is 19.1 Å². The fraction of sp³-hybridized carbons (Fsp3) is 0.579. The van der Waals surface area contributed by atoms with Crippen LogP contribution < -0.4 is 10.6 Å². The third-order valence-electron chi connectivity index (χ3n) is 4.87. The molecule has 1 fully saturated rings. The summed E-state index contributed by atoms with van der Waals surface area (Å²) in [6.07, 6.45) is 1.12. The molecule has 1 aromatic carbocycles. The van der Waals surface area contributed by atoms with Crippen LogP contribution in [0.4, 0.5) is 0 Å². The topological polar surface area (TPSA) is 121 Å². The highest BCUT2D eigenvalue weighted by molar-refractivity contribution is 7.89. The molecule has 2 amide bonds. The number of hydrogen-bond acceptors (Lipinski definition) is 7.